The van der Waals surface area contributed by atoms with E-state index in [1.165, 1.54) is 11.1 Å². The summed E-state index contributed by atoms with van der Waals surface area (Å²) >= 11 is 0. The molecule has 1 amide bonds. The Morgan fingerprint density at radius 2 is 1.75 bits per heavy atom. The zero-order chi connectivity index (χ0) is 35.7. The second-order valence-corrected chi connectivity index (χ2v) is 13.0. The highest BCUT2D eigenvalue weighted by Gasteiger charge is 2.25. The molecule has 11 heteroatoms. The van der Waals surface area contributed by atoms with Crippen LogP contribution in [0.2, 0.25) is 0 Å². The largest absolute Gasteiger partial charge is 0.497 e. The minimum atomic E-state index is -0.188. The molecule has 1 aliphatic heterocycles. The van der Waals surface area contributed by atoms with E-state index in [0.717, 1.165) is 73.6 Å². The van der Waals surface area contributed by atoms with Crippen LogP contribution in [0.1, 0.15) is 57.8 Å². The van der Waals surface area contributed by atoms with Crippen molar-refractivity contribution in [2.75, 3.05) is 59.9 Å². The number of hydrogen-bond acceptors (Lipinski definition) is 9. The van der Waals surface area contributed by atoms with E-state index in [-0.39, 0.29) is 11.8 Å². The number of methoxy groups -OCH3 is 4. The van der Waals surface area contributed by atoms with E-state index in [9.17, 15) is 4.79 Å². The Kier molecular flexibility index (Phi) is 11.6. The summed E-state index contributed by atoms with van der Waals surface area (Å²) < 4.78 is 22.0. The summed E-state index contributed by atoms with van der Waals surface area (Å²) in [6, 6.07) is 20.5. The number of anilines is 1. The number of aromatic nitrogens is 3. The van der Waals surface area contributed by atoms with Crippen molar-refractivity contribution in [2.45, 2.75) is 44.6 Å². The van der Waals surface area contributed by atoms with Gasteiger partial charge in [0.25, 0.3) is 5.91 Å². The first-order valence-electron chi connectivity index (χ1n) is 17.5. The number of benzene rings is 3. The van der Waals surface area contributed by atoms with E-state index in [4.69, 9.17) is 23.9 Å². The molecular formula is C40H48N6O5. The fourth-order valence-electron chi connectivity index (χ4n) is 6.97. The maximum atomic E-state index is 13.6. The average molecular weight is 693 g/mol. The Morgan fingerprint density at radius 3 is 2.43 bits per heavy atom. The van der Waals surface area contributed by atoms with Crippen LogP contribution in [0.15, 0.2) is 73.1 Å². The molecule has 0 aliphatic carbocycles. The number of ether oxygens (including phenoxy) is 4. The highest BCUT2D eigenvalue weighted by molar-refractivity contribution is 5.97. The van der Waals surface area contributed by atoms with Gasteiger partial charge in [-0.05, 0) is 79.8 Å². The minimum absolute atomic E-state index is 0.106. The molecule has 0 radical (unpaired) electrons. The molecule has 6 rings (SSSR count). The third kappa shape index (κ3) is 8.37. The van der Waals surface area contributed by atoms with E-state index >= 15 is 0 Å². The summed E-state index contributed by atoms with van der Waals surface area (Å²) in [6.45, 7) is 5.22. The molecule has 1 atom stereocenters. The Hall–Kier alpha value is -5.29. The number of piperidine rings is 1. The number of nitrogens with one attached hydrogen (secondary N) is 3. The molecule has 0 bridgehead atoms. The van der Waals surface area contributed by atoms with Crippen LogP contribution in [-0.2, 0) is 6.42 Å². The van der Waals surface area contributed by atoms with Gasteiger partial charge in [0.05, 0.1) is 39.5 Å². The molecule has 51 heavy (non-hydrogen) atoms. The van der Waals surface area contributed by atoms with Gasteiger partial charge in [0.2, 0.25) is 11.7 Å². The van der Waals surface area contributed by atoms with E-state index in [0.29, 0.717) is 41.0 Å². The SMILES string of the molecule is COc1ccc(C(CCN2CCC(Nc3nc4c(Cc5cccnc5)cccc4[nH]3)CC2)CNC(=O)c2cc(OC)c(OC)c(OC)c2C)cc1. The molecule has 1 aliphatic rings. The van der Waals surface area contributed by atoms with E-state index in [1.807, 2.05) is 31.3 Å². The van der Waals surface area contributed by atoms with Crippen molar-refractivity contribution >= 4 is 22.9 Å². The fourth-order valence-corrected chi connectivity index (χ4v) is 6.97. The van der Waals surface area contributed by atoms with Crippen molar-refractivity contribution in [3.63, 3.8) is 0 Å². The molecule has 1 saturated heterocycles. The summed E-state index contributed by atoms with van der Waals surface area (Å²) in [5.41, 5.74) is 6.72. The van der Waals surface area contributed by atoms with Crippen LogP contribution >= 0.6 is 0 Å². The number of para-hydroxylation sites is 1. The number of pyridine rings is 1. The van der Waals surface area contributed by atoms with Gasteiger partial charge >= 0.3 is 0 Å². The molecule has 3 aromatic carbocycles. The zero-order valence-corrected chi connectivity index (χ0v) is 30.1. The topological polar surface area (TPSA) is 123 Å². The van der Waals surface area contributed by atoms with Crippen LogP contribution in [-0.4, -0.2) is 86.4 Å². The molecule has 0 spiro atoms. The van der Waals surface area contributed by atoms with Crippen molar-refractivity contribution in [2.24, 2.45) is 0 Å². The first kappa shape index (κ1) is 35.5. The fraction of sp³-hybridized carbons (Fsp3) is 0.375. The molecule has 1 fully saturated rings. The van der Waals surface area contributed by atoms with Crippen LogP contribution in [0.4, 0.5) is 5.95 Å². The normalized spacial score (nSPS) is 14.2. The van der Waals surface area contributed by atoms with Gasteiger partial charge in [-0.3, -0.25) is 9.78 Å². The maximum absolute atomic E-state index is 13.6. The number of nitrogens with zero attached hydrogens (tertiary/aromatic N) is 3. The molecule has 268 valence electrons. The second kappa shape index (κ2) is 16.6. The Morgan fingerprint density at radius 1 is 0.961 bits per heavy atom. The number of fused-ring (bicyclic) bond motifs is 1. The van der Waals surface area contributed by atoms with Gasteiger partial charge in [-0.1, -0.05) is 30.3 Å². The lowest BCUT2D eigenvalue weighted by Crippen LogP contribution is -2.40. The number of hydrogen-bond donors (Lipinski definition) is 3. The lowest BCUT2D eigenvalue weighted by molar-refractivity contribution is 0.0948. The van der Waals surface area contributed by atoms with Crippen LogP contribution in [0.5, 0.6) is 23.0 Å². The summed E-state index contributed by atoms with van der Waals surface area (Å²) in [5, 5.41) is 6.86. The number of H-pyrrole nitrogens is 1. The minimum Gasteiger partial charge on any atom is -0.497 e. The first-order chi connectivity index (χ1) is 24.9. The summed E-state index contributed by atoms with van der Waals surface area (Å²) in [7, 11) is 6.33. The number of carbonyl (C=O) groups is 1. The van der Waals surface area contributed by atoms with Crippen LogP contribution in [0.25, 0.3) is 11.0 Å². The smallest absolute Gasteiger partial charge is 0.251 e. The van der Waals surface area contributed by atoms with Crippen molar-refractivity contribution in [1.82, 2.24) is 25.2 Å². The molecule has 3 N–H and O–H groups in total. The molecule has 2 aromatic heterocycles. The summed E-state index contributed by atoms with van der Waals surface area (Å²) in [4.78, 5) is 28.8. The van der Waals surface area contributed by atoms with E-state index in [2.05, 4.69) is 61.9 Å². The van der Waals surface area contributed by atoms with Crippen molar-refractivity contribution in [3.8, 4) is 23.0 Å². The predicted molar refractivity (Wildman–Crippen MR) is 200 cm³/mol. The van der Waals surface area contributed by atoms with Crippen LogP contribution in [0.3, 0.4) is 0 Å². The molecule has 3 heterocycles. The predicted octanol–water partition coefficient (Wildman–Crippen LogP) is 6.37. The standard InChI is InChI=1S/C40H48N6O5/c1-26-33(23-35(49-3)38(51-5)37(26)50-4)39(47)42-25-30(28-11-13-32(48-2)14-12-28)15-19-46-20-16-31(17-21-46)43-40-44-34-10-6-9-29(36(34)45-40)22-27-8-7-18-41-24-27/h6-14,18,23-24,30-31H,15-17,19-22,25H2,1-5H3,(H,42,47)(H2,43,44,45). The highest BCUT2D eigenvalue weighted by Crippen LogP contribution is 2.41. The number of aromatic amines is 1. The number of amides is 1. The van der Waals surface area contributed by atoms with Crippen molar-refractivity contribution < 1.29 is 23.7 Å². The lowest BCUT2D eigenvalue weighted by atomic mass is 9.94. The quantitative estimate of drug-likeness (QED) is 0.115. The number of imidazole rings is 1. The number of likely N-dealkylation sites (tertiary alicyclic amines) is 1. The monoisotopic (exact) mass is 692 g/mol. The van der Waals surface area contributed by atoms with Gasteiger partial charge in [0.15, 0.2) is 11.5 Å². The third-order valence-electron chi connectivity index (χ3n) is 9.85. The van der Waals surface area contributed by atoms with Gasteiger partial charge in [-0.25, -0.2) is 4.98 Å². The molecule has 0 saturated carbocycles. The highest BCUT2D eigenvalue weighted by atomic mass is 16.5. The van der Waals surface area contributed by atoms with Crippen LogP contribution in [0, 0.1) is 6.92 Å². The van der Waals surface area contributed by atoms with Gasteiger partial charge < -0.3 is 39.5 Å². The number of carbonyl (C=O) groups excluding carboxylic acids is 1. The molecule has 1 unspecified atom stereocenters. The first-order valence-corrected chi connectivity index (χ1v) is 17.5. The van der Waals surface area contributed by atoms with Crippen molar-refractivity contribution in [3.05, 3.63) is 101 Å². The maximum Gasteiger partial charge on any atom is 0.251 e. The van der Waals surface area contributed by atoms with E-state index < -0.39 is 0 Å². The lowest BCUT2D eigenvalue weighted by Gasteiger charge is -2.33. The Balaban J connectivity index is 1.07. The van der Waals surface area contributed by atoms with Gasteiger partial charge in [0, 0.05) is 61.5 Å². The van der Waals surface area contributed by atoms with Crippen molar-refractivity contribution in [1.29, 1.82) is 0 Å². The van der Waals surface area contributed by atoms with Gasteiger partial charge in [-0.2, -0.15) is 0 Å². The van der Waals surface area contributed by atoms with E-state index in [1.54, 1.807) is 40.7 Å². The van der Waals surface area contributed by atoms with Crippen LogP contribution < -0.4 is 29.6 Å². The molecule has 11 nitrogen and oxygen atoms in total. The summed E-state index contributed by atoms with van der Waals surface area (Å²) in [6.07, 6.45) is 7.43. The Bertz CT molecular complexity index is 1900. The molecular weight excluding hydrogens is 644 g/mol. The Labute approximate surface area is 299 Å². The molecule has 5 aromatic rings. The second-order valence-electron chi connectivity index (χ2n) is 13.0. The van der Waals surface area contributed by atoms with Gasteiger partial charge in [-0.15, -0.1) is 0 Å². The number of rotatable bonds is 15. The summed E-state index contributed by atoms with van der Waals surface area (Å²) in [5.74, 6) is 2.94. The van der Waals surface area contributed by atoms with Gasteiger partial charge in [0.1, 0.15) is 5.75 Å². The third-order valence-corrected chi connectivity index (χ3v) is 9.85. The average Bonchev–Trinajstić information content (AvgIpc) is 3.59. The zero-order valence-electron chi connectivity index (χ0n) is 30.1.